The third-order valence-electron chi connectivity index (χ3n) is 6.39. The van der Waals surface area contributed by atoms with E-state index in [1.807, 2.05) is 12.1 Å². The Morgan fingerprint density at radius 2 is 1.69 bits per heavy atom. The molecule has 6 rings (SSSR count). The van der Waals surface area contributed by atoms with E-state index in [1.165, 1.54) is 6.21 Å². The lowest BCUT2D eigenvalue weighted by Crippen LogP contribution is -2.40. The first-order valence-corrected chi connectivity index (χ1v) is 8.96. The fraction of sp³-hybridized carbons (Fsp3) is 0.450. The first-order valence-electron chi connectivity index (χ1n) is 8.96. The smallest absolute Gasteiger partial charge is 0.254 e. The maximum atomic E-state index is 12.9. The summed E-state index contributed by atoms with van der Waals surface area (Å²) in [6.07, 6.45) is 6.97. The van der Waals surface area contributed by atoms with E-state index < -0.39 is 0 Å². The molecular formula is C20H20N2O4. The van der Waals surface area contributed by atoms with Crippen molar-refractivity contribution in [1.82, 2.24) is 5.01 Å². The van der Waals surface area contributed by atoms with E-state index in [0.717, 1.165) is 11.4 Å². The van der Waals surface area contributed by atoms with Crippen molar-refractivity contribution in [2.45, 2.75) is 6.42 Å². The van der Waals surface area contributed by atoms with E-state index in [2.05, 4.69) is 17.3 Å². The summed E-state index contributed by atoms with van der Waals surface area (Å²) >= 11 is 0. The zero-order valence-electron chi connectivity index (χ0n) is 14.7. The van der Waals surface area contributed by atoms with Crippen molar-refractivity contribution >= 4 is 18.0 Å². The molecule has 26 heavy (non-hydrogen) atoms. The molecule has 5 aliphatic rings. The van der Waals surface area contributed by atoms with E-state index in [0.29, 0.717) is 28.9 Å². The number of hydrogen-bond acceptors (Lipinski definition) is 5. The Bertz CT molecular complexity index is 825. The van der Waals surface area contributed by atoms with Gasteiger partial charge in [0, 0.05) is 5.56 Å². The molecule has 1 aromatic rings. The van der Waals surface area contributed by atoms with Gasteiger partial charge in [0.1, 0.15) is 0 Å². The van der Waals surface area contributed by atoms with Crippen LogP contribution in [0.5, 0.6) is 11.5 Å². The van der Waals surface area contributed by atoms with E-state index in [-0.39, 0.29) is 35.5 Å². The maximum absolute atomic E-state index is 12.9. The topological polar surface area (TPSA) is 68.2 Å². The highest BCUT2D eigenvalue weighted by Gasteiger charge is 2.67. The molecule has 6 unspecified atom stereocenters. The van der Waals surface area contributed by atoms with Gasteiger partial charge in [-0.15, -0.1) is 0 Å². The quantitative estimate of drug-likeness (QED) is 0.473. The van der Waals surface area contributed by atoms with Crippen molar-refractivity contribution in [3.05, 3.63) is 35.9 Å². The molecule has 1 heterocycles. The minimum absolute atomic E-state index is 0.164. The SMILES string of the molecule is COc1cccc(C=NN2C(=O)C3C4C=CC(C5CC45)C3C2=O)c1OC. The van der Waals surface area contributed by atoms with Crippen LogP contribution in [0, 0.1) is 35.5 Å². The van der Waals surface area contributed by atoms with Crippen LogP contribution < -0.4 is 9.47 Å². The Morgan fingerprint density at radius 1 is 1.04 bits per heavy atom. The Balaban J connectivity index is 1.45. The molecular weight excluding hydrogens is 332 g/mol. The Hall–Kier alpha value is -2.63. The summed E-state index contributed by atoms with van der Waals surface area (Å²) in [6.45, 7) is 0. The van der Waals surface area contributed by atoms with Gasteiger partial charge < -0.3 is 9.47 Å². The molecule has 2 saturated carbocycles. The molecule has 1 aliphatic heterocycles. The highest BCUT2D eigenvalue weighted by Crippen LogP contribution is 2.65. The van der Waals surface area contributed by atoms with Gasteiger partial charge in [-0.25, -0.2) is 0 Å². The van der Waals surface area contributed by atoms with Crippen molar-refractivity contribution in [2.24, 2.45) is 40.6 Å². The first kappa shape index (κ1) is 15.6. The van der Waals surface area contributed by atoms with Crippen LogP contribution in [0.2, 0.25) is 0 Å². The van der Waals surface area contributed by atoms with Crippen LogP contribution in [0.4, 0.5) is 0 Å². The molecule has 2 amide bonds. The van der Waals surface area contributed by atoms with Crippen LogP contribution in [0.15, 0.2) is 35.5 Å². The number of hydrogen-bond donors (Lipinski definition) is 0. The summed E-state index contributed by atoms with van der Waals surface area (Å²) in [5.74, 6) is 1.90. The fourth-order valence-corrected chi connectivity index (χ4v) is 5.19. The van der Waals surface area contributed by atoms with Crippen molar-refractivity contribution in [3.63, 3.8) is 0 Å². The second kappa shape index (κ2) is 5.43. The highest BCUT2D eigenvalue weighted by atomic mass is 16.5. The number of para-hydroxylation sites is 1. The molecule has 6 nitrogen and oxygen atoms in total. The normalized spacial score (nSPS) is 36.5. The molecule has 0 spiro atoms. The van der Waals surface area contributed by atoms with Crippen molar-refractivity contribution in [1.29, 1.82) is 0 Å². The van der Waals surface area contributed by atoms with Gasteiger partial charge in [0.25, 0.3) is 11.8 Å². The number of ether oxygens (including phenoxy) is 2. The number of carbonyl (C=O) groups is 2. The van der Waals surface area contributed by atoms with Gasteiger partial charge in [0.15, 0.2) is 11.5 Å². The van der Waals surface area contributed by atoms with Gasteiger partial charge in [-0.05, 0) is 42.2 Å². The van der Waals surface area contributed by atoms with Crippen molar-refractivity contribution in [2.75, 3.05) is 14.2 Å². The third-order valence-corrected chi connectivity index (χ3v) is 6.39. The number of benzene rings is 1. The molecule has 2 bridgehead atoms. The zero-order chi connectivity index (χ0) is 18.0. The van der Waals surface area contributed by atoms with E-state index in [9.17, 15) is 9.59 Å². The molecule has 6 heteroatoms. The monoisotopic (exact) mass is 352 g/mol. The van der Waals surface area contributed by atoms with Crippen LogP contribution in [-0.2, 0) is 9.59 Å². The molecule has 1 saturated heterocycles. The molecule has 3 fully saturated rings. The lowest BCUT2D eigenvalue weighted by Gasteiger charge is -2.37. The lowest BCUT2D eigenvalue weighted by molar-refractivity contribution is -0.140. The molecule has 4 aliphatic carbocycles. The maximum Gasteiger partial charge on any atom is 0.254 e. The second-order valence-corrected chi connectivity index (χ2v) is 7.47. The number of amides is 2. The number of nitrogens with zero attached hydrogens (tertiary/aromatic N) is 2. The summed E-state index contributed by atoms with van der Waals surface area (Å²) in [4.78, 5) is 25.8. The predicted octanol–water partition coefficient (Wildman–Crippen LogP) is 2.09. The van der Waals surface area contributed by atoms with Crippen molar-refractivity contribution in [3.8, 4) is 11.5 Å². The van der Waals surface area contributed by atoms with Crippen LogP contribution >= 0.6 is 0 Å². The number of imide groups is 1. The Labute approximate surface area is 151 Å². The molecule has 6 atom stereocenters. The predicted molar refractivity (Wildman–Crippen MR) is 93.7 cm³/mol. The summed E-state index contributed by atoms with van der Waals surface area (Å²) in [7, 11) is 3.11. The first-order chi connectivity index (χ1) is 12.7. The van der Waals surface area contributed by atoms with Crippen molar-refractivity contribution < 1.29 is 19.1 Å². The van der Waals surface area contributed by atoms with Crippen LogP contribution in [0.3, 0.4) is 0 Å². The standard InChI is InChI=1S/C20H20N2O4/c1-25-15-5-3-4-10(18(15)26-2)9-21-22-19(23)16-11-6-7-12(14-8-13(11)14)17(16)20(22)24/h3-7,9,11-14,16-17H,8H2,1-2H3. The summed E-state index contributed by atoms with van der Waals surface area (Å²) < 4.78 is 10.7. The zero-order valence-corrected chi connectivity index (χ0v) is 14.7. The minimum atomic E-state index is -0.231. The minimum Gasteiger partial charge on any atom is -0.493 e. The van der Waals surface area contributed by atoms with Gasteiger partial charge in [0.05, 0.1) is 32.3 Å². The van der Waals surface area contributed by atoms with Gasteiger partial charge in [0.2, 0.25) is 0 Å². The summed E-state index contributed by atoms with van der Waals surface area (Å²) in [5.41, 5.74) is 0.659. The molecule has 0 radical (unpaired) electrons. The number of allylic oxidation sites excluding steroid dienone is 2. The number of hydrazone groups is 1. The van der Waals surface area contributed by atoms with Crippen LogP contribution in [0.1, 0.15) is 12.0 Å². The van der Waals surface area contributed by atoms with Gasteiger partial charge in [-0.3, -0.25) is 9.59 Å². The average Bonchev–Trinajstić information content (AvgIpc) is 3.45. The van der Waals surface area contributed by atoms with Crippen LogP contribution in [-0.4, -0.2) is 37.3 Å². The van der Waals surface area contributed by atoms with Crippen LogP contribution in [0.25, 0.3) is 0 Å². The van der Waals surface area contributed by atoms with Gasteiger partial charge in [-0.2, -0.15) is 10.1 Å². The Kier molecular flexibility index (Phi) is 3.26. The lowest BCUT2D eigenvalue weighted by atomic mass is 9.63. The second-order valence-electron chi connectivity index (χ2n) is 7.47. The number of rotatable bonds is 4. The fourth-order valence-electron chi connectivity index (χ4n) is 5.19. The molecule has 0 aromatic heterocycles. The van der Waals surface area contributed by atoms with Gasteiger partial charge in [-0.1, -0.05) is 18.2 Å². The van der Waals surface area contributed by atoms with E-state index >= 15 is 0 Å². The molecule has 134 valence electrons. The molecule has 0 N–H and O–H groups in total. The third kappa shape index (κ3) is 1.95. The van der Waals surface area contributed by atoms with E-state index in [1.54, 1.807) is 20.3 Å². The van der Waals surface area contributed by atoms with Gasteiger partial charge >= 0.3 is 0 Å². The Morgan fingerprint density at radius 3 is 2.27 bits per heavy atom. The highest BCUT2D eigenvalue weighted by molar-refractivity contribution is 6.06. The number of carbonyl (C=O) groups excluding carboxylic acids is 2. The average molecular weight is 352 g/mol. The summed E-state index contributed by atoms with van der Waals surface area (Å²) in [5, 5.41) is 5.32. The summed E-state index contributed by atoms with van der Waals surface area (Å²) in [6, 6.07) is 5.41. The number of methoxy groups -OCH3 is 2. The largest absolute Gasteiger partial charge is 0.493 e. The van der Waals surface area contributed by atoms with E-state index in [4.69, 9.17) is 9.47 Å². The molecule has 1 aromatic carbocycles.